The molecule has 7 heteroatoms. The number of thioether (sulfide) groups is 1. The van der Waals surface area contributed by atoms with E-state index in [0.29, 0.717) is 5.75 Å². The lowest BCUT2D eigenvalue weighted by atomic mass is 10.1. The van der Waals surface area contributed by atoms with Gasteiger partial charge in [0.1, 0.15) is 6.33 Å². The Hall–Kier alpha value is -1.08. The van der Waals surface area contributed by atoms with Gasteiger partial charge in [0.05, 0.1) is 5.75 Å². The molecule has 1 amide bonds. The second-order valence-corrected chi connectivity index (χ2v) is 5.83. The second kappa shape index (κ2) is 8.26. The molecule has 1 aliphatic rings. The first-order valence-electron chi connectivity index (χ1n) is 7.08. The molecule has 0 atom stereocenters. The number of nitrogens with zero attached hydrogens (tertiary/aromatic N) is 4. The largest absolute Gasteiger partial charge is 0.385 e. The molecule has 0 spiro atoms. The van der Waals surface area contributed by atoms with Gasteiger partial charge in [-0.15, -0.1) is 10.2 Å². The van der Waals surface area contributed by atoms with Gasteiger partial charge in [-0.1, -0.05) is 11.8 Å². The van der Waals surface area contributed by atoms with Crippen LogP contribution in [0, 0.1) is 0 Å². The minimum Gasteiger partial charge on any atom is -0.385 e. The Bertz CT molecular complexity index is 418. The van der Waals surface area contributed by atoms with E-state index < -0.39 is 0 Å². The summed E-state index contributed by atoms with van der Waals surface area (Å²) in [5, 5.41) is 8.81. The highest BCUT2D eigenvalue weighted by atomic mass is 32.2. The third-order valence-corrected chi connectivity index (χ3v) is 4.33. The van der Waals surface area contributed by atoms with Crippen LogP contribution in [0.25, 0.3) is 0 Å². The lowest BCUT2D eigenvalue weighted by molar-refractivity contribution is -0.129. The summed E-state index contributed by atoms with van der Waals surface area (Å²) >= 11 is 1.47. The quantitative estimate of drug-likeness (QED) is 0.563. The third-order valence-electron chi connectivity index (χ3n) is 3.36. The van der Waals surface area contributed by atoms with Crippen molar-refractivity contribution in [2.75, 3.05) is 32.6 Å². The Kier molecular flexibility index (Phi) is 6.32. The van der Waals surface area contributed by atoms with Crippen molar-refractivity contribution in [3.63, 3.8) is 0 Å². The lowest BCUT2D eigenvalue weighted by Gasteiger charge is -2.26. The van der Waals surface area contributed by atoms with Gasteiger partial charge in [0.15, 0.2) is 5.16 Å². The first kappa shape index (κ1) is 15.3. The Morgan fingerprint density at radius 2 is 2.20 bits per heavy atom. The molecule has 1 aromatic heterocycles. The second-order valence-electron chi connectivity index (χ2n) is 4.88. The molecule has 0 saturated carbocycles. The minimum atomic E-state index is 0.209. The van der Waals surface area contributed by atoms with Crippen LogP contribution in [0.5, 0.6) is 0 Å². The Morgan fingerprint density at radius 1 is 1.40 bits per heavy atom. The summed E-state index contributed by atoms with van der Waals surface area (Å²) in [5.74, 6) is 0.657. The molecule has 0 aliphatic carbocycles. The number of piperidine rings is 1. The highest BCUT2D eigenvalue weighted by Crippen LogP contribution is 2.17. The van der Waals surface area contributed by atoms with E-state index in [4.69, 9.17) is 4.74 Å². The molecule has 0 N–H and O–H groups in total. The number of methoxy groups -OCH3 is 1. The van der Waals surface area contributed by atoms with Crippen LogP contribution in [-0.4, -0.2) is 58.1 Å². The van der Waals surface area contributed by atoms with Gasteiger partial charge in [-0.3, -0.25) is 4.79 Å². The molecule has 20 heavy (non-hydrogen) atoms. The van der Waals surface area contributed by atoms with Crippen molar-refractivity contribution in [2.45, 2.75) is 37.4 Å². The summed E-state index contributed by atoms with van der Waals surface area (Å²) in [6.07, 6.45) is 6.13. The number of amides is 1. The summed E-state index contributed by atoms with van der Waals surface area (Å²) in [5.41, 5.74) is 0. The van der Waals surface area contributed by atoms with Crippen LogP contribution in [0.15, 0.2) is 11.5 Å². The van der Waals surface area contributed by atoms with E-state index in [0.717, 1.165) is 50.7 Å². The monoisotopic (exact) mass is 298 g/mol. The number of hydrogen-bond acceptors (Lipinski definition) is 5. The standard InChI is InChI=1S/C13H22N4O2S/c1-19-9-5-8-17-11-14-15-13(17)20-10-12(18)16-6-3-2-4-7-16/h11H,2-10H2,1H3. The maximum absolute atomic E-state index is 12.1. The molecule has 1 aliphatic heterocycles. The molecule has 0 radical (unpaired) electrons. The van der Waals surface area contributed by atoms with Crippen molar-refractivity contribution >= 4 is 17.7 Å². The van der Waals surface area contributed by atoms with E-state index >= 15 is 0 Å². The SMILES string of the molecule is COCCCn1cnnc1SCC(=O)N1CCCCC1. The van der Waals surface area contributed by atoms with E-state index in [-0.39, 0.29) is 5.91 Å². The van der Waals surface area contributed by atoms with Crippen molar-refractivity contribution in [2.24, 2.45) is 0 Å². The predicted molar refractivity (Wildman–Crippen MR) is 77.7 cm³/mol. The normalized spacial score (nSPS) is 15.6. The number of rotatable bonds is 7. The third kappa shape index (κ3) is 4.49. The van der Waals surface area contributed by atoms with Gasteiger partial charge in [-0.2, -0.15) is 0 Å². The molecule has 6 nitrogen and oxygen atoms in total. The van der Waals surface area contributed by atoms with E-state index in [1.165, 1.54) is 18.2 Å². The van der Waals surface area contributed by atoms with E-state index in [1.807, 2.05) is 9.47 Å². The molecule has 0 unspecified atom stereocenters. The van der Waals surface area contributed by atoms with E-state index in [1.54, 1.807) is 13.4 Å². The fourth-order valence-electron chi connectivity index (χ4n) is 2.25. The summed E-state index contributed by atoms with van der Waals surface area (Å²) in [6.45, 7) is 3.34. The zero-order valence-corrected chi connectivity index (χ0v) is 12.8. The Labute approximate surface area is 123 Å². The van der Waals surface area contributed by atoms with Gasteiger partial charge in [0, 0.05) is 33.4 Å². The lowest BCUT2D eigenvalue weighted by Crippen LogP contribution is -2.36. The van der Waals surface area contributed by atoms with Crippen LogP contribution in [0.2, 0.25) is 0 Å². The number of hydrogen-bond donors (Lipinski definition) is 0. The molecule has 1 saturated heterocycles. The van der Waals surface area contributed by atoms with Gasteiger partial charge in [-0.25, -0.2) is 0 Å². The van der Waals surface area contributed by atoms with E-state index in [2.05, 4.69) is 10.2 Å². The highest BCUT2D eigenvalue weighted by molar-refractivity contribution is 7.99. The number of aryl methyl sites for hydroxylation is 1. The fourth-order valence-corrected chi connectivity index (χ4v) is 3.09. The zero-order valence-electron chi connectivity index (χ0n) is 12.0. The Balaban J connectivity index is 1.78. The van der Waals surface area contributed by atoms with Crippen LogP contribution in [-0.2, 0) is 16.1 Å². The van der Waals surface area contributed by atoms with Crippen molar-refractivity contribution < 1.29 is 9.53 Å². The molecule has 112 valence electrons. The first-order chi connectivity index (χ1) is 9.81. The first-order valence-corrected chi connectivity index (χ1v) is 8.07. The molecule has 0 bridgehead atoms. The van der Waals surface area contributed by atoms with Gasteiger partial charge in [0.25, 0.3) is 0 Å². The molecule has 2 rings (SSSR count). The van der Waals surface area contributed by atoms with Crippen molar-refractivity contribution in [3.05, 3.63) is 6.33 Å². The highest BCUT2D eigenvalue weighted by Gasteiger charge is 2.17. The summed E-state index contributed by atoms with van der Waals surface area (Å²) in [4.78, 5) is 14.1. The molecule has 1 fully saturated rings. The summed E-state index contributed by atoms with van der Waals surface area (Å²) in [6, 6.07) is 0. The summed E-state index contributed by atoms with van der Waals surface area (Å²) < 4.78 is 7.02. The van der Waals surface area contributed by atoms with Crippen LogP contribution in [0.3, 0.4) is 0 Å². The number of likely N-dealkylation sites (tertiary alicyclic amines) is 1. The number of aromatic nitrogens is 3. The maximum Gasteiger partial charge on any atom is 0.233 e. The Morgan fingerprint density at radius 3 is 2.95 bits per heavy atom. The predicted octanol–water partition coefficient (Wildman–Crippen LogP) is 1.42. The van der Waals surface area contributed by atoms with Gasteiger partial charge >= 0.3 is 0 Å². The van der Waals surface area contributed by atoms with Crippen molar-refractivity contribution in [1.29, 1.82) is 0 Å². The average Bonchev–Trinajstić information content (AvgIpc) is 2.93. The number of ether oxygens (including phenoxy) is 1. The van der Waals surface area contributed by atoms with E-state index in [9.17, 15) is 4.79 Å². The molecule has 1 aromatic rings. The maximum atomic E-state index is 12.1. The zero-order chi connectivity index (χ0) is 14.2. The van der Waals surface area contributed by atoms with Gasteiger partial charge < -0.3 is 14.2 Å². The van der Waals surface area contributed by atoms with Crippen LogP contribution in [0.4, 0.5) is 0 Å². The van der Waals surface area contributed by atoms with Crippen LogP contribution in [0.1, 0.15) is 25.7 Å². The molecule has 2 heterocycles. The number of carbonyl (C=O) groups is 1. The van der Waals surface area contributed by atoms with Crippen molar-refractivity contribution in [3.8, 4) is 0 Å². The van der Waals surface area contributed by atoms with Crippen LogP contribution >= 0.6 is 11.8 Å². The topological polar surface area (TPSA) is 60.2 Å². The molecular formula is C13H22N4O2S. The van der Waals surface area contributed by atoms with Gasteiger partial charge in [-0.05, 0) is 25.7 Å². The number of carbonyl (C=O) groups excluding carboxylic acids is 1. The van der Waals surface area contributed by atoms with Gasteiger partial charge in [0.2, 0.25) is 5.91 Å². The molecule has 0 aromatic carbocycles. The van der Waals surface area contributed by atoms with Crippen molar-refractivity contribution in [1.82, 2.24) is 19.7 Å². The van der Waals surface area contributed by atoms with Crippen LogP contribution < -0.4 is 0 Å². The summed E-state index contributed by atoms with van der Waals surface area (Å²) in [7, 11) is 1.69. The smallest absolute Gasteiger partial charge is 0.233 e. The minimum absolute atomic E-state index is 0.209. The molecular weight excluding hydrogens is 276 g/mol. The fraction of sp³-hybridized carbons (Fsp3) is 0.769. The average molecular weight is 298 g/mol.